The van der Waals surface area contributed by atoms with Crippen LogP contribution >= 0.6 is 0 Å². The van der Waals surface area contributed by atoms with E-state index in [0.717, 1.165) is 6.54 Å². The molecule has 0 aliphatic carbocycles. The molecule has 0 radical (unpaired) electrons. The minimum Gasteiger partial charge on any atom is -0.394 e. The molecule has 0 rings (SSSR count). The first kappa shape index (κ1) is 9.36. The Morgan fingerprint density at radius 3 is 2.50 bits per heavy atom. The van der Waals surface area contributed by atoms with Crippen LogP contribution in [-0.4, -0.2) is 36.4 Å². The molecule has 0 unspecified atom stereocenters. The number of rotatable bonds is 5. The van der Waals surface area contributed by atoms with Gasteiger partial charge in [-0.15, -0.1) is 0 Å². The van der Waals surface area contributed by atoms with E-state index in [1.807, 2.05) is 13.8 Å². The van der Waals surface area contributed by atoms with Crippen molar-refractivity contribution in [1.82, 2.24) is 5.01 Å². The first-order valence-electron chi connectivity index (χ1n) is 3.58. The van der Waals surface area contributed by atoms with Crippen LogP contribution in [0, 0.1) is 0 Å². The van der Waals surface area contributed by atoms with Gasteiger partial charge < -0.3 is 5.11 Å². The molecule has 1 N–H and O–H groups in total. The van der Waals surface area contributed by atoms with Gasteiger partial charge in [-0.3, -0.25) is 5.01 Å². The molecule has 0 saturated heterocycles. The molecule has 4 heteroatoms. The van der Waals surface area contributed by atoms with Crippen molar-refractivity contribution in [3.8, 4) is 0 Å². The Balaban J connectivity index is 3.48. The molecule has 10 heavy (non-hydrogen) atoms. The highest BCUT2D eigenvalue weighted by atomic mass is 16.3. The predicted octanol–water partition coefficient (Wildman–Crippen LogP) is 0.688. The van der Waals surface area contributed by atoms with Crippen molar-refractivity contribution in [3.63, 3.8) is 0 Å². The summed E-state index contributed by atoms with van der Waals surface area (Å²) in [5.41, 5.74) is 0. The maximum atomic E-state index is 8.52. The van der Waals surface area contributed by atoms with Crippen LogP contribution < -0.4 is 0 Å². The van der Waals surface area contributed by atoms with E-state index in [2.05, 4.69) is 10.3 Å². The van der Waals surface area contributed by atoms with Crippen LogP contribution in [0.25, 0.3) is 0 Å². The van der Waals surface area contributed by atoms with Gasteiger partial charge in [0.1, 0.15) is 0 Å². The second kappa shape index (κ2) is 6.48. The largest absolute Gasteiger partial charge is 0.394 e. The number of hydrogen-bond acceptors (Lipinski definition) is 3. The predicted molar refractivity (Wildman–Crippen MR) is 39.7 cm³/mol. The lowest BCUT2D eigenvalue weighted by Crippen LogP contribution is -2.20. The van der Waals surface area contributed by atoms with Crippen molar-refractivity contribution >= 4 is 0 Å². The van der Waals surface area contributed by atoms with E-state index in [1.165, 1.54) is 0 Å². The topological polar surface area (TPSA) is 48.2 Å². The van der Waals surface area contributed by atoms with Gasteiger partial charge in [-0.25, -0.2) is 0 Å². The summed E-state index contributed by atoms with van der Waals surface area (Å²) in [6.07, 6.45) is 0. The molecular weight excluding hydrogens is 130 g/mol. The van der Waals surface area contributed by atoms with E-state index >= 15 is 0 Å². The zero-order valence-corrected chi connectivity index (χ0v) is 6.62. The fraction of sp³-hybridized carbons (Fsp3) is 1.00. The monoisotopic (exact) mass is 145 g/mol. The molecule has 0 spiro atoms. The number of aliphatic hydroxyl groups excluding tert-OH is 1. The van der Waals surface area contributed by atoms with Crippen LogP contribution in [0.4, 0.5) is 0 Å². The molecule has 0 aliphatic rings. The number of aliphatic hydroxyl groups is 1. The molecule has 60 valence electrons. The van der Waals surface area contributed by atoms with Gasteiger partial charge in [0.15, 0.2) is 0 Å². The van der Waals surface area contributed by atoms with Gasteiger partial charge >= 0.3 is 0 Å². The van der Waals surface area contributed by atoms with Crippen LogP contribution in [0.2, 0.25) is 0 Å². The quantitative estimate of drug-likeness (QED) is 0.457. The van der Waals surface area contributed by atoms with Crippen molar-refractivity contribution in [1.29, 1.82) is 0 Å². The van der Waals surface area contributed by atoms with Crippen molar-refractivity contribution in [2.75, 3.05) is 26.2 Å². The smallest absolute Gasteiger partial charge is 0.0624 e. The molecule has 0 atom stereocenters. The van der Waals surface area contributed by atoms with E-state index in [-0.39, 0.29) is 6.61 Å². The third-order valence-corrected chi connectivity index (χ3v) is 1.05. The highest BCUT2D eigenvalue weighted by molar-refractivity contribution is 4.42. The summed E-state index contributed by atoms with van der Waals surface area (Å²) >= 11 is 0. The van der Waals surface area contributed by atoms with Crippen LogP contribution in [0.1, 0.15) is 13.8 Å². The lowest BCUT2D eigenvalue weighted by Gasteiger charge is -2.12. The first-order valence-corrected chi connectivity index (χ1v) is 3.58. The van der Waals surface area contributed by atoms with Gasteiger partial charge in [-0.05, 0) is 13.8 Å². The molecule has 0 aromatic heterocycles. The van der Waals surface area contributed by atoms with Gasteiger partial charge in [0.2, 0.25) is 0 Å². The highest BCUT2D eigenvalue weighted by Gasteiger charge is 1.93. The summed E-state index contributed by atoms with van der Waals surface area (Å²) in [6.45, 7) is 6.10. The van der Waals surface area contributed by atoms with Gasteiger partial charge in [-0.2, -0.15) is 5.11 Å². The van der Waals surface area contributed by atoms with E-state index in [0.29, 0.717) is 13.1 Å². The highest BCUT2D eigenvalue weighted by Crippen LogP contribution is 1.88. The number of likely N-dealkylation sites (N-methyl/N-ethyl adjacent to an activating group) is 1. The van der Waals surface area contributed by atoms with Crippen molar-refractivity contribution in [2.24, 2.45) is 10.3 Å². The average molecular weight is 145 g/mol. The molecule has 0 fully saturated rings. The molecule has 0 saturated carbocycles. The van der Waals surface area contributed by atoms with Crippen molar-refractivity contribution in [3.05, 3.63) is 0 Å². The summed E-state index contributed by atoms with van der Waals surface area (Å²) in [5.74, 6) is 0. The van der Waals surface area contributed by atoms with E-state index in [4.69, 9.17) is 5.11 Å². The van der Waals surface area contributed by atoms with Crippen LogP contribution in [0.3, 0.4) is 0 Å². The van der Waals surface area contributed by atoms with Gasteiger partial charge in [-0.1, -0.05) is 5.22 Å². The summed E-state index contributed by atoms with van der Waals surface area (Å²) in [6, 6.07) is 0. The van der Waals surface area contributed by atoms with Crippen molar-refractivity contribution in [2.45, 2.75) is 13.8 Å². The standard InChI is InChI=1S/C6H15N3O/c1-3-7-8-9(4-2)5-6-10/h10H,3-6H2,1-2H3. The van der Waals surface area contributed by atoms with Gasteiger partial charge in [0, 0.05) is 6.54 Å². The fourth-order valence-corrected chi connectivity index (χ4v) is 0.534. The molecule has 0 aromatic rings. The number of nitrogens with zero attached hydrogens (tertiary/aromatic N) is 3. The zero-order chi connectivity index (χ0) is 7.82. The van der Waals surface area contributed by atoms with Gasteiger partial charge in [0.25, 0.3) is 0 Å². The Hall–Kier alpha value is -0.640. The normalized spacial score (nSPS) is 10.7. The Labute approximate surface area is 61.5 Å². The minimum absolute atomic E-state index is 0.135. The first-order chi connectivity index (χ1) is 4.85. The Morgan fingerprint density at radius 2 is 2.10 bits per heavy atom. The van der Waals surface area contributed by atoms with Crippen molar-refractivity contribution < 1.29 is 5.11 Å². The van der Waals surface area contributed by atoms with E-state index in [9.17, 15) is 0 Å². The summed E-state index contributed by atoms with van der Waals surface area (Å²) < 4.78 is 0. The summed E-state index contributed by atoms with van der Waals surface area (Å²) in [5, 5.41) is 17.9. The molecule has 0 aliphatic heterocycles. The second-order valence-electron chi connectivity index (χ2n) is 1.82. The van der Waals surface area contributed by atoms with Crippen LogP contribution in [0.5, 0.6) is 0 Å². The Bertz CT molecular complexity index is 95.0. The third kappa shape index (κ3) is 4.26. The molecule has 4 nitrogen and oxygen atoms in total. The Morgan fingerprint density at radius 1 is 1.40 bits per heavy atom. The fourth-order valence-electron chi connectivity index (χ4n) is 0.534. The second-order valence-corrected chi connectivity index (χ2v) is 1.82. The summed E-state index contributed by atoms with van der Waals surface area (Å²) in [7, 11) is 0. The molecule has 0 heterocycles. The number of hydrogen-bond donors (Lipinski definition) is 1. The van der Waals surface area contributed by atoms with Gasteiger partial charge in [0.05, 0.1) is 19.7 Å². The Kier molecular flexibility index (Phi) is 6.06. The van der Waals surface area contributed by atoms with Crippen LogP contribution in [-0.2, 0) is 0 Å². The maximum absolute atomic E-state index is 8.52. The maximum Gasteiger partial charge on any atom is 0.0624 e. The average Bonchev–Trinajstić information content (AvgIpc) is 1.98. The molecule has 0 bridgehead atoms. The molecule has 0 amide bonds. The third-order valence-electron chi connectivity index (χ3n) is 1.05. The van der Waals surface area contributed by atoms with E-state index < -0.39 is 0 Å². The lowest BCUT2D eigenvalue weighted by atomic mass is 10.6. The lowest BCUT2D eigenvalue weighted by molar-refractivity contribution is 0.197. The zero-order valence-electron chi connectivity index (χ0n) is 6.62. The minimum atomic E-state index is 0.135. The van der Waals surface area contributed by atoms with E-state index in [1.54, 1.807) is 5.01 Å². The molecule has 0 aromatic carbocycles. The summed E-state index contributed by atoms with van der Waals surface area (Å²) in [4.78, 5) is 0. The SMILES string of the molecule is CCN=NN(CC)CCO. The van der Waals surface area contributed by atoms with Crippen LogP contribution in [0.15, 0.2) is 10.3 Å². The molecular formula is C6H15N3O.